The summed E-state index contributed by atoms with van der Waals surface area (Å²) in [7, 11) is 0. The Balaban J connectivity index is 2.23. The van der Waals surface area contributed by atoms with Gasteiger partial charge < -0.3 is 20.8 Å². The zero-order chi connectivity index (χ0) is 10.8. The van der Waals surface area contributed by atoms with Gasteiger partial charge >= 0.3 is 0 Å². The number of β-amino-alcohol motifs (C(OH)–C–C–N with tert-alkyl or cyclic N) is 2. The summed E-state index contributed by atoms with van der Waals surface area (Å²) in [5, 5.41) is 18.9. The molecule has 2 atom stereocenters. The molecule has 15 heavy (non-hydrogen) atoms. The van der Waals surface area contributed by atoms with E-state index >= 15 is 0 Å². The molecule has 2 unspecified atom stereocenters. The lowest BCUT2D eigenvalue weighted by Crippen LogP contribution is -2.24. The Morgan fingerprint density at radius 3 is 2.67 bits per heavy atom. The summed E-state index contributed by atoms with van der Waals surface area (Å²) in [5.74, 6) is 0.760. The van der Waals surface area contributed by atoms with Gasteiger partial charge in [-0.2, -0.15) is 0 Å². The van der Waals surface area contributed by atoms with Crippen LogP contribution in [0.25, 0.3) is 0 Å². The van der Waals surface area contributed by atoms with Crippen LogP contribution in [0.3, 0.4) is 0 Å². The second kappa shape index (κ2) is 4.14. The first-order valence-corrected chi connectivity index (χ1v) is 4.97. The van der Waals surface area contributed by atoms with E-state index in [4.69, 9.17) is 5.73 Å². The standard InChI is InChI=1S/C10H15N3O2/c11-4-7-2-1-3-12-10(7)13-5-8(14)9(15)6-13/h1-3,8-9,14-15H,4-6,11H2. The van der Waals surface area contributed by atoms with Gasteiger partial charge in [0.2, 0.25) is 0 Å². The molecule has 82 valence electrons. The highest BCUT2D eigenvalue weighted by Crippen LogP contribution is 2.21. The molecular formula is C10H15N3O2. The number of anilines is 1. The van der Waals surface area contributed by atoms with Crippen molar-refractivity contribution in [3.8, 4) is 0 Å². The second-order valence-corrected chi connectivity index (χ2v) is 3.73. The van der Waals surface area contributed by atoms with Crippen molar-refractivity contribution in [3.05, 3.63) is 23.9 Å². The van der Waals surface area contributed by atoms with Crippen LogP contribution in [0.5, 0.6) is 0 Å². The van der Waals surface area contributed by atoms with Crippen LogP contribution in [0.4, 0.5) is 5.82 Å². The Labute approximate surface area is 88.2 Å². The van der Waals surface area contributed by atoms with Crippen LogP contribution >= 0.6 is 0 Å². The summed E-state index contributed by atoms with van der Waals surface area (Å²) in [6.45, 7) is 1.22. The van der Waals surface area contributed by atoms with Crippen LogP contribution in [0.2, 0.25) is 0 Å². The molecule has 1 aromatic rings. The second-order valence-electron chi connectivity index (χ2n) is 3.73. The summed E-state index contributed by atoms with van der Waals surface area (Å²) in [5.41, 5.74) is 6.53. The van der Waals surface area contributed by atoms with E-state index in [0.717, 1.165) is 11.4 Å². The van der Waals surface area contributed by atoms with E-state index in [1.54, 1.807) is 6.20 Å². The molecule has 0 spiro atoms. The van der Waals surface area contributed by atoms with E-state index in [-0.39, 0.29) is 0 Å². The van der Waals surface area contributed by atoms with Crippen LogP contribution in [-0.4, -0.2) is 40.5 Å². The monoisotopic (exact) mass is 209 g/mol. The normalized spacial score (nSPS) is 25.9. The highest BCUT2D eigenvalue weighted by Gasteiger charge is 2.30. The van der Waals surface area contributed by atoms with Crippen LogP contribution in [0, 0.1) is 0 Å². The summed E-state index contributed by atoms with van der Waals surface area (Å²) in [6.07, 6.45) is 0.293. The summed E-state index contributed by atoms with van der Waals surface area (Å²) in [6, 6.07) is 3.73. The highest BCUT2D eigenvalue weighted by molar-refractivity contribution is 5.48. The largest absolute Gasteiger partial charge is 0.389 e. The summed E-state index contributed by atoms with van der Waals surface area (Å²) >= 11 is 0. The lowest BCUT2D eigenvalue weighted by atomic mass is 10.2. The van der Waals surface area contributed by atoms with Crippen LogP contribution in [-0.2, 0) is 6.54 Å². The Kier molecular flexibility index (Phi) is 2.86. The van der Waals surface area contributed by atoms with E-state index in [1.165, 1.54) is 0 Å². The number of hydrogen-bond donors (Lipinski definition) is 3. The maximum absolute atomic E-state index is 9.44. The van der Waals surface area contributed by atoms with Crippen molar-refractivity contribution < 1.29 is 10.2 Å². The van der Waals surface area contributed by atoms with Crippen LogP contribution < -0.4 is 10.6 Å². The number of aromatic nitrogens is 1. The first-order valence-electron chi connectivity index (χ1n) is 4.97. The van der Waals surface area contributed by atoms with E-state index < -0.39 is 12.2 Å². The quantitative estimate of drug-likeness (QED) is 0.587. The Morgan fingerprint density at radius 1 is 1.40 bits per heavy atom. The first-order chi connectivity index (χ1) is 7.22. The number of nitrogens with two attached hydrogens (primary N) is 1. The molecule has 2 heterocycles. The lowest BCUT2D eigenvalue weighted by molar-refractivity contribution is 0.0572. The van der Waals surface area contributed by atoms with Gasteiger partial charge in [-0.05, 0) is 6.07 Å². The van der Waals surface area contributed by atoms with Gasteiger partial charge in [0.1, 0.15) is 5.82 Å². The third kappa shape index (κ3) is 1.94. The number of aliphatic hydroxyl groups excluding tert-OH is 2. The minimum Gasteiger partial charge on any atom is -0.389 e. The zero-order valence-corrected chi connectivity index (χ0v) is 8.37. The number of pyridine rings is 1. The minimum absolute atomic E-state index is 0.408. The molecule has 0 amide bonds. The number of rotatable bonds is 2. The molecule has 0 aliphatic carbocycles. The number of aliphatic hydroxyl groups is 2. The smallest absolute Gasteiger partial charge is 0.133 e. The predicted octanol–water partition coefficient (Wildman–Crippen LogP) is -0.918. The maximum Gasteiger partial charge on any atom is 0.133 e. The van der Waals surface area contributed by atoms with Gasteiger partial charge in [0.15, 0.2) is 0 Å². The molecule has 1 aliphatic heterocycles. The van der Waals surface area contributed by atoms with Gasteiger partial charge in [-0.1, -0.05) is 6.07 Å². The molecule has 5 nitrogen and oxygen atoms in total. The van der Waals surface area contributed by atoms with Crippen LogP contribution in [0.1, 0.15) is 5.56 Å². The molecule has 1 saturated heterocycles. The topological polar surface area (TPSA) is 82.6 Å². The zero-order valence-electron chi connectivity index (χ0n) is 8.37. The maximum atomic E-state index is 9.44. The van der Waals surface area contributed by atoms with E-state index in [1.807, 2.05) is 17.0 Å². The Hall–Kier alpha value is -1.17. The number of hydrogen-bond acceptors (Lipinski definition) is 5. The SMILES string of the molecule is NCc1cccnc1N1CC(O)C(O)C1. The Bertz CT molecular complexity index is 335. The van der Waals surface area contributed by atoms with Gasteiger partial charge in [0.05, 0.1) is 12.2 Å². The summed E-state index contributed by atoms with van der Waals surface area (Å²) in [4.78, 5) is 6.08. The Morgan fingerprint density at radius 2 is 2.07 bits per heavy atom. The molecule has 1 aromatic heterocycles. The summed E-state index contributed by atoms with van der Waals surface area (Å²) < 4.78 is 0. The van der Waals surface area contributed by atoms with Crippen molar-refractivity contribution >= 4 is 5.82 Å². The van der Waals surface area contributed by atoms with Crippen molar-refractivity contribution in [1.82, 2.24) is 4.98 Å². The molecule has 0 aromatic carbocycles. The van der Waals surface area contributed by atoms with Crippen molar-refractivity contribution in [2.75, 3.05) is 18.0 Å². The number of nitrogens with zero attached hydrogens (tertiary/aromatic N) is 2. The minimum atomic E-state index is -0.697. The van der Waals surface area contributed by atoms with Crippen LogP contribution in [0.15, 0.2) is 18.3 Å². The molecule has 0 saturated carbocycles. The van der Waals surface area contributed by atoms with Gasteiger partial charge in [-0.15, -0.1) is 0 Å². The third-order valence-electron chi connectivity index (χ3n) is 2.65. The molecular weight excluding hydrogens is 194 g/mol. The third-order valence-corrected chi connectivity index (χ3v) is 2.65. The van der Waals surface area contributed by atoms with E-state index in [2.05, 4.69) is 4.98 Å². The highest BCUT2D eigenvalue weighted by atomic mass is 16.3. The van der Waals surface area contributed by atoms with E-state index in [9.17, 15) is 10.2 Å². The van der Waals surface area contributed by atoms with Crippen molar-refractivity contribution in [1.29, 1.82) is 0 Å². The fourth-order valence-corrected chi connectivity index (χ4v) is 1.82. The van der Waals surface area contributed by atoms with E-state index in [0.29, 0.717) is 19.6 Å². The first kappa shape index (κ1) is 10.4. The molecule has 0 bridgehead atoms. The predicted molar refractivity (Wildman–Crippen MR) is 56.4 cm³/mol. The van der Waals surface area contributed by atoms with Gasteiger partial charge in [-0.25, -0.2) is 4.98 Å². The molecule has 5 heteroatoms. The van der Waals surface area contributed by atoms with Crippen molar-refractivity contribution in [2.45, 2.75) is 18.8 Å². The van der Waals surface area contributed by atoms with Gasteiger partial charge in [0.25, 0.3) is 0 Å². The molecule has 4 N–H and O–H groups in total. The molecule has 2 rings (SSSR count). The molecule has 1 aliphatic rings. The van der Waals surface area contributed by atoms with Gasteiger partial charge in [0, 0.05) is 31.4 Å². The fraction of sp³-hybridized carbons (Fsp3) is 0.500. The van der Waals surface area contributed by atoms with Crippen molar-refractivity contribution in [3.63, 3.8) is 0 Å². The fourth-order valence-electron chi connectivity index (χ4n) is 1.82. The van der Waals surface area contributed by atoms with Gasteiger partial charge in [-0.3, -0.25) is 0 Å². The average Bonchev–Trinajstić information content (AvgIpc) is 2.59. The average molecular weight is 209 g/mol. The lowest BCUT2D eigenvalue weighted by Gasteiger charge is -2.19. The molecule has 0 radical (unpaired) electrons. The molecule has 1 fully saturated rings. The van der Waals surface area contributed by atoms with Crippen molar-refractivity contribution in [2.24, 2.45) is 5.73 Å².